The highest BCUT2D eigenvalue weighted by atomic mass is 16.5. The lowest BCUT2D eigenvalue weighted by atomic mass is 10.2. The van der Waals surface area contributed by atoms with Gasteiger partial charge in [-0.1, -0.05) is 17.3 Å². The second-order valence-corrected chi connectivity index (χ2v) is 4.95. The van der Waals surface area contributed by atoms with E-state index in [0.29, 0.717) is 31.2 Å². The molecule has 0 atom stereocenters. The van der Waals surface area contributed by atoms with E-state index in [1.807, 2.05) is 43.3 Å². The summed E-state index contributed by atoms with van der Waals surface area (Å²) in [6, 6.07) is 11.6. The van der Waals surface area contributed by atoms with Crippen LogP contribution in [0.3, 0.4) is 0 Å². The van der Waals surface area contributed by atoms with Gasteiger partial charge in [0.25, 0.3) is 0 Å². The van der Waals surface area contributed by atoms with E-state index in [9.17, 15) is 0 Å². The van der Waals surface area contributed by atoms with Gasteiger partial charge in [0, 0.05) is 6.54 Å². The van der Waals surface area contributed by atoms with Crippen LogP contribution in [0.4, 0.5) is 0 Å². The van der Waals surface area contributed by atoms with Crippen molar-refractivity contribution in [2.24, 2.45) is 5.73 Å². The van der Waals surface area contributed by atoms with Gasteiger partial charge in [-0.15, -0.1) is 5.10 Å². The summed E-state index contributed by atoms with van der Waals surface area (Å²) in [6.45, 7) is 3.41. The molecule has 1 aromatic carbocycles. The van der Waals surface area contributed by atoms with E-state index in [-0.39, 0.29) is 0 Å². The molecule has 0 radical (unpaired) electrons. The van der Waals surface area contributed by atoms with Gasteiger partial charge >= 0.3 is 0 Å². The summed E-state index contributed by atoms with van der Waals surface area (Å²) in [5.41, 5.74) is 8.40. The monoisotopic (exact) mass is 298 g/mol. The molecule has 6 heteroatoms. The van der Waals surface area contributed by atoms with Gasteiger partial charge in [-0.3, -0.25) is 0 Å². The maximum Gasteiger partial charge on any atom is 0.153 e. The summed E-state index contributed by atoms with van der Waals surface area (Å²) >= 11 is 0. The predicted molar refractivity (Wildman–Crippen MR) is 82.3 cm³/mol. The first-order valence-electron chi connectivity index (χ1n) is 7.13. The minimum absolute atomic E-state index is 0.314. The second-order valence-electron chi connectivity index (χ2n) is 4.95. The molecule has 3 rings (SSSR count). The van der Waals surface area contributed by atoms with E-state index in [1.165, 1.54) is 5.56 Å². The first-order valence-corrected chi connectivity index (χ1v) is 7.13. The van der Waals surface area contributed by atoms with E-state index in [1.54, 1.807) is 10.9 Å². The Morgan fingerprint density at radius 1 is 1.27 bits per heavy atom. The smallest absolute Gasteiger partial charge is 0.153 e. The molecule has 114 valence electrons. The van der Waals surface area contributed by atoms with Crippen molar-refractivity contribution in [3.63, 3.8) is 0 Å². The molecule has 22 heavy (non-hydrogen) atoms. The molecule has 0 bridgehead atoms. The van der Waals surface area contributed by atoms with Gasteiger partial charge in [0.05, 0.1) is 12.8 Å². The Balaban J connectivity index is 1.72. The Kier molecular flexibility index (Phi) is 4.20. The van der Waals surface area contributed by atoms with Gasteiger partial charge in [-0.25, -0.2) is 4.68 Å². The average Bonchev–Trinajstić information content (AvgIpc) is 3.15. The predicted octanol–water partition coefficient (Wildman–Crippen LogP) is 2.38. The zero-order valence-corrected chi connectivity index (χ0v) is 12.4. The number of nitrogens with zero attached hydrogens (tertiary/aromatic N) is 3. The Labute approximate surface area is 128 Å². The molecule has 3 aromatic rings. The van der Waals surface area contributed by atoms with Gasteiger partial charge in [0.2, 0.25) is 0 Å². The molecule has 0 unspecified atom stereocenters. The van der Waals surface area contributed by atoms with Crippen molar-refractivity contribution in [2.75, 3.05) is 6.61 Å². The van der Waals surface area contributed by atoms with Crippen molar-refractivity contribution < 1.29 is 9.15 Å². The fourth-order valence-electron chi connectivity index (χ4n) is 2.28. The summed E-state index contributed by atoms with van der Waals surface area (Å²) in [5.74, 6) is 1.56. The van der Waals surface area contributed by atoms with Crippen molar-refractivity contribution >= 4 is 0 Å². The molecular weight excluding hydrogens is 280 g/mol. The number of nitrogens with two attached hydrogens (primary N) is 1. The van der Waals surface area contributed by atoms with Crippen LogP contribution in [-0.2, 0) is 13.1 Å². The van der Waals surface area contributed by atoms with E-state index in [0.717, 1.165) is 11.4 Å². The molecular formula is C16H18N4O2. The molecule has 0 fully saturated rings. The second kappa shape index (κ2) is 6.44. The van der Waals surface area contributed by atoms with E-state index < -0.39 is 0 Å². The summed E-state index contributed by atoms with van der Waals surface area (Å²) in [6.07, 6.45) is 1.62. The van der Waals surface area contributed by atoms with Gasteiger partial charge < -0.3 is 14.9 Å². The molecule has 0 aliphatic heterocycles. The highest BCUT2D eigenvalue weighted by molar-refractivity contribution is 5.55. The normalized spacial score (nSPS) is 10.8. The zero-order valence-electron chi connectivity index (χ0n) is 12.4. The van der Waals surface area contributed by atoms with Gasteiger partial charge in [-0.05, 0) is 36.8 Å². The number of aryl methyl sites for hydroxylation is 1. The van der Waals surface area contributed by atoms with Crippen molar-refractivity contribution in [3.8, 4) is 17.2 Å². The van der Waals surface area contributed by atoms with Crippen LogP contribution < -0.4 is 10.5 Å². The van der Waals surface area contributed by atoms with Crippen LogP contribution in [0.1, 0.15) is 11.3 Å². The quantitative estimate of drug-likeness (QED) is 0.756. The zero-order chi connectivity index (χ0) is 15.4. The standard InChI is InChI=1S/C16H18N4O2/c1-12-4-2-5-13(10-12)21-9-7-20-16(14(11-17)18-19-20)15-6-3-8-22-15/h2-6,8,10H,7,9,11,17H2,1H3. The topological polar surface area (TPSA) is 79.1 Å². The van der Waals surface area contributed by atoms with Crippen LogP contribution >= 0.6 is 0 Å². The van der Waals surface area contributed by atoms with Crippen LogP contribution in [0, 0.1) is 6.92 Å². The number of rotatable bonds is 6. The fourth-order valence-corrected chi connectivity index (χ4v) is 2.28. The minimum Gasteiger partial charge on any atom is -0.492 e. The SMILES string of the molecule is Cc1cccc(OCCn2nnc(CN)c2-c2ccco2)c1. The first-order chi connectivity index (χ1) is 10.8. The lowest BCUT2D eigenvalue weighted by molar-refractivity contribution is 0.290. The summed E-state index contributed by atoms with van der Waals surface area (Å²) < 4.78 is 13.0. The van der Waals surface area contributed by atoms with Crippen LogP contribution in [0.2, 0.25) is 0 Å². The lowest BCUT2D eigenvalue weighted by Crippen LogP contribution is -2.11. The molecule has 0 amide bonds. The molecule has 2 heterocycles. The van der Waals surface area contributed by atoms with Crippen LogP contribution in [0.5, 0.6) is 5.75 Å². The Bertz CT molecular complexity index is 734. The lowest BCUT2D eigenvalue weighted by Gasteiger charge is -2.08. The maximum absolute atomic E-state index is 5.76. The number of benzene rings is 1. The highest BCUT2D eigenvalue weighted by Gasteiger charge is 2.16. The first kappa shape index (κ1) is 14.3. The number of ether oxygens (including phenoxy) is 1. The van der Waals surface area contributed by atoms with Crippen molar-refractivity contribution in [3.05, 3.63) is 53.9 Å². The number of aromatic nitrogens is 3. The Morgan fingerprint density at radius 2 is 2.18 bits per heavy atom. The van der Waals surface area contributed by atoms with Crippen molar-refractivity contribution in [1.82, 2.24) is 15.0 Å². The maximum atomic E-state index is 5.76. The molecule has 0 saturated heterocycles. The Morgan fingerprint density at radius 3 is 2.91 bits per heavy atom. The molecule has 2 N–H and O–H groups in total. The molecule has 0 spiro atoms. The van der Waals surface area contributed by atoms with Crippen LogP contribution in [-0.4, -0.2) is 21.6 Å². The average molecular weight is 298 g/mol. The van der Waals surface area contributed by atoms with Crippen molar-refractivity contribution in [1.29, 1.82) is 0 Å². The number of hydrogen-bond acceptors (Lipinski definition) is 5. The van der Waals surface area contributed by atoms with Crippen LogP contribution in [0.25, 0.3) is 11.5 Å². The molecule has 0 aliphatic rings. The van der Waals surface area contributed by atoms with Crippen molar-refractivity contribution in [2.45, 2.75) is 20.0 Å². The fraction of sp³-hybridized carbons (Fsp3) is 0.250. The highest BCUT2D eigenvalue weighted by Crippen LogP contribution is 2.22. The summed E-state index contributed by atoms with van der Waals surface area (Å²) in [4.78, 5) is 0. The van der Waals surface area contributed by atoms with Gasteiger partial charge in [0.1, 0.15) is 23.7 Å². The Hall–Kier alpha value is -2.60. The largest absolute Gasteiger partial charge is 0.492 e. The van der Waals surface area contributed by atoms with Gasteiger partial charge in [0.15, 0.2) is 5.76 Å². The molecule has 2 aromatic heterocycles. The van der Waals surface area contributed by atoms with E-state index in [4.69, 9.17) is 14.9 Å². The third kappa shape index (κ3) is 3.01. The minimum atomic E-state index is 0.314. The molecule has 6 nitrogen and oxygen atoms in total. The number of furan rings is 1. The van der Waals surface area contributed by atoms with E-state index >= 15 is 0 Å². The van der Waals surface area contributed by atoms with E-state index in [2.05, 4.69) is 10.3 Å². The molecule has 0 aliphatic carbocycles. The summed E-state index contributed by atoms with van der Waals surface area (Å²) in [7, 11) is 0. The third-order valence-electron chi connectivity index (χ3n) is 3.31. The third-order valence-corrected chi connectivity index (χ3v) is 3.31. The van der Waals surface area contributed by atoms with Crippen LogP contribution in [0.15, 0.2) is 47.1 Å². The number of hydrogen-bond donors (Lipinski definition) is 1. The van der Waals surface area contributed by atoms with Gasteiger partial charge in [-0.2, -0.15) is 0 Å². The summed E-state index contributed by atoms with van der Waals surface area (Å²) in [5, 5.41) is 8.24. The molecule has 0 saturated carbocycles.